The molecule has 1 nitrogen and oxygen atoms in total. The first-order valence-corrected chi connectivity index (χ1v) is 12.2. The van der Waals surface area contributed by atoms with E-state index in [1.807, 2.05) is 30.3 Å². The second-order valence-electron chi connectivity index (χ2n) is 9.34. The molecule has 7 heteroatoms. The summed E-state index contributed by atoms with van der Waals surface area (Å²) in [5.74, 6) is 0. The van der Waals surface area contributed by atoms with Gasteiger partial charge in [0.1, 0.15) is 0 Å². The largest absolute Gasteiger partial charge is 0.416 e. The molecule has 0 N–H and O–H groups in total. The van der Waals surface area contributed by atoms with E-state index in [4.69, 9.17) is 0 Å². The van der Waals surface area contributed by atoms with E-state index in [1.165, 1.54) is 12.1 Å². The molecule has 0 bridgehead atoms. The van der Waals surface area contributed by atoms with Gasteiger partial charge in [-0.1, -0.05) is 55.5 Å². The molecule has 0 unspecified atom stereocenters. The predicted octanol–water partition coefficient (Wildman–Crippen LogP) is 9.31. The van der Waals surface area contributed by atoms with Gasteiger partial charge in [-0.05, 0) is 90.6 Å². The molecule has 37 heavy (non-hydrogen) atoms. The zero-order valence-corrected chi connectivity index (χ0v) is 20.4. The number of aromatic nitrogens is 1. The number of benzene rings is 2. The maximum atomic E-state index is 13.7. The van der Waals surface area contributed by atoms with Crippen LogP contribution in [0, 0.1) is 0 Å². The number of halogens is 6. The molecule has 0 fully saturated rings. The Morgan fingerprint density at radius 3 is 2.16 bits per heavy atom. The van der Waals surface area contributed by atoms with Crippen LogP contribution in [0.4, 0.5) is 26.3 Å². The summed E-state index contributed by atoms with van der Waals surface area (Å²) in [5.41, 5.74) is 3.13. The van der Waals surface area contributed by atoms with Crippen LogP contribution in [-0.2, 0) is 25.2 Å². The zero-order chi connectivity index (χ0) is 26.8. The van der Waals surface area contributed by atoms with Crippen LogP contribution in [0.2, 0.25) is 0 Å². The summed E-state index contributed by atoms with van der Waals surface area (Å²) in [6, 6.07) is 15.3. The van der Waals surface area contributed by atoms with E-state index in [1.54, 1.807) is 6.92 Å². The van der Waals surface area contributed by atoms with Crippen molar-refractivity contribution in [2.45, 2.75) is 57.8 Å². The third kappa shape index (κ3) is 6.32. The fourth-order valence-electron chi connectivity index (χ4n) is 4.71. The average molecular weight is 516 g/mol. The molecule has 0 saturated heterocycles. The molecule has 1 aromatic heterocycles. The van der Waals surface area contributed by atoms with Crippen molar-refractivity contribution < 1.29 is 26.3 Å². The molecule has 0 radical (unpaired) electrons. The minimum absolute atomic E-state index is 0.190. The number of pyridine rings is 1. The van der Waals surface area contributed by atoms with E-state index in [9.17, 15) is 26.3 Å². The summed E-state index contributed by atoms with van der Waals surface area (Å²) < 4.78 is 81.7. The van der Waals surface area contributed by atoms with E-state index in [0.717, 1.165) is 34.9 Å². The highest BCUT2D eigenvalue weighted by Crippen LogP contribution is 2.40. The Morgan fingerprint density at radius 2 is 1.51 bits per heavy atom. The Morgan fingerprint density at radius 1 is 0.811 bits per heavy atom. The normalized spacial score (nSPS) is 14.4. The summed E-state index contributed by atoms with van der Waals surface area (Å²) >= 11 is 0. The first-order chi connectivity index (χ1) is 17.5. The standard InChI is InChI=1S/C30H27F6N/c1-3-19(2)27-17-25(30(34,35)36)18-28(37-27)26-11-7-10-22(26)15-23-16-24(29(31,32)33)13-12-21(23)14-20-8-5-4-6-9-20/h4-6,8-9,12-13,16-18H,2-3,7,10-11,14-15H2,1H3. The third-order valence-corrected chi connectivity index (χ3v) is 6.76. The van der Waals surface area contributed by atoms with Gasteiger partial charge >= 0.3 is 12.4 Å². The van der Waals surface area contributed by atoms with Crippen molar-refractivity contribution in [2.75, 3.05) is 0 Å². The van der Waals surface area contributed by atoms with Gasteiger partial charge in [0.15, 0.2) is 0 Å². The molecule has 0 amide bonds. The minimum atomic E-state index is -4.55. The fourth-order valence-corrected chi connectivity index (χ4v) is 4.71. The summed E-state index contributed by atoms with van der Waals surface area (Å²) in [7, 11) is 0. The lowest BCUT2D eigenvalue weighted by atomic mass is 9.91. The molecule has 194 valence electrons. The Bertz CT molecular complexity index is 1320. The van der Waals surface area contributed by atoms with Gasteiger partial charge < -0.3 is 0 Å². The van der Waals surface area contributed by atoms with E-state index < -0.39 is 23.5 Å². The molecule has 0 atom stereocenters. The predicted molar refractivity (Wildman–Crippen MR) is 134 cm³/mol. The lowest BCUT2D eigenvalue weighted by Crippen LogP contribution is -2.09. The van der Waals surface area contributed by atoms with Gasteiger partial charge in [0.25, 0.3) is 0 Å². The van der Waals surface area contributed by atoms with Crippen LogP contribution in [-0.4, -0.2) is 4.98 Å². The van der Waals surface area contributed by atoms with E-state index in [0.29, 0.717) is 48.8 Å². The van der Waals surface area contributed by atoms with E-state index in [-0.39, 0.29) is 17.8 Å². The van der Waals surface area contributed by atoms with Crippen LogP contribution in [0.25, 0.3) is 11.1 Å². The number of hydrogen-bond acceptors (Lipinski definition) is 1. The van der Waals surface area contributed by atoms with E-state index in [2.05, 4.69) is 11.6 Å². The highest BCUT2D eigenvalue weighted by atomic mass is 19.4. The molecule has 2 aromatic carbocycles. The van der Waals surface area contributed by atoms with Gasteiger partial charge in [-0.2, -0.15) is 26.3 Å². The molecular weight excluding hydrogens is 488 g/mol. The molecule has 0 saturated carbocycles. The molecule has 1 aliphatic rings. The van der Waals surface area contributed by atoms with Crippen LogP contribution in [0.1, 0.15) is 71.8 Å². The highest BCUT2D eigenvalue weighted by Gasteiger charge is 2.33. The zero-order valence-electron chi connectivity index (χ0n) is 20.4. The third-order valence-electron chi connectivity index (χ3n) is 6.76. The topological polar surface area (TPSA) is 12.9 Å². The number of alkyl halides is 6. The number of hydrogen-bond donors (Lipinski definition) is 0. The van der Waals surface area contributed by atoms with Gasteiger partial charge in [0, 0.05) is 0 Å². The van der Waals surface area contributed by atoms with Crippen molar-refractivity contribution >= 4 is 11.1 Å². The van der Waals surface area contributed by atoms with Gasteiger partial charge in [-0.3, -0.25) is 0 Å². The van der Waals surface area contributed by atoms with Gasteiger partial charge in [-0.25, -0.2) is 4.98 Å². The number of allylic oxidation sites excluding steroid dienone is 3. The first kappa shape index (κ1) is 26.7. The van der Waals surface area contributed by atoms with Crippen LogP contribution in [0.3, 0.4) is 0 Å². The minimum Gasteiger partial charge on any atom is -0.248 e. The Labute approximate surface area is 212 Å². The monoisotopic (exact) mass is 515 g/mol. The number of rotatable bonds is 7. The lowest BCUT2D eigenvalue weighted by Gasteiger charge is -2.17. The molecular formula is C30H27F6N. The maximum absolute atomic E-state index is 13.7. The van der Waals surface area contributed by atoms with Crippen molar-refractivity contribution in [3.63, 3.8) is 0 Å². The highest BCUT2D eigenvalue weighted by molar-refractivity contribution is 5.72. The average Bonchev–Trinajstić information content (AvgIpc) is 3.32. The van der Waals surface area contributed by atoms with Gasteiger partial charge in [0.05, 0.1) is 22.5 Å². The van der Waals surface area contributed by atoms with Gasteiger partial charge in [0.2, 0.25) is 0 Å². The molecule has 1 heterocycles. The van der Waals surface area contributed by atoms with Crippen LogP contribution >= 0.6 is 0 Å². The van der Waals surface area contributed by atoms with Crippen molar-refractivity contribution in [1.82, 2.24) is 4.98 Å². The Balaban J connectivity index is 1.79. The van der Waals surface area contributed by atoms with Crippen molar-refractivity contribution in [1.29, 1.82) is 0 Å². The smallest absolute Gasteiger partial charge is 0.248 e. The quantitative estimate of drug-likeness (QED) is 0.286. The van der Waals surface area contributed by atoms with Gasteiger partial charge in [-0.15, -0.1) is 0 Å². The molecule has 4 rings (SSSR count). The molecule has 3 aromatic rings. The SMILES string of the molecule is C=C(CC)c1cc(C(F)(F)F)cc(C2=C(Cc3cc(C(F)(F)F)ccc3Cc3ccccc3)CCC2)n1. The molecule has 0 aliphatic heterocycles. The lowest BCUT2D eigenvalue weighted by molar-refractivity contribution is -0.138. The summed E-state index contributed by atoms with van der Waals surface area (Å²) in [6.45, 7) is 5.65. The summed E-state index contributed by atoms with van der Waals surface area (Å²) in [4.78, 5) is 4.50. The van der Waals surface area contributed by atoms with Crippen molar-refractivity contribution in [3.05, 3.63) is 112 Å². The number of nitrogens with zero attached hydrogens (tertiary/aromatic N) is 1. The Kier molecular flexibility index (Phi) is 7.62. The Hall–Kier alpha value is -3.35. The maximum Gasteiger partial charge on any atom is 0.416 e. The van der Waals surface area contributed by atoms with Crippen LogP contribution in [0.5, 0.6) is 0 Å². The summed E-state index contributed by atoms with van der Waals surface area (Å²) in [5, 5.41) is 0. The first-order valence-electron chi connectivity index (χ1n) is 12.2. The van der Waals surface area contributed by atoms with Crippen molar-refractivity contribution in [2.24, 2.45) is 0 Å². The van der Waals surface area contributed by atoms with Crippen molar-refractivity contribution in [3.8, 4) is 0 Å². The van der Waals surface area contributed by atoms with Crippen LogP contribution < -0.4 is 0 Å². The second kappa shape index (κ2) is 10.6. The van der Waals surface area contributed by atoms with Crippen LogP contribution in [0.15, 0.2) is 72.8 Å². The fraction of sp³-hybridized carbons (Fsp3) is 0.300. The molecule has 1 aliphatic carbocycles. The second-order valence-corrected chi connectivity index (χ2v) is 9.34. The summed E-state index contributed by atoms with van der Waals surface area (Å²) in [6.07, 6.45) is -6.09. The van der Waals surface area contributed by atoms with E-state index >= 15 is 0 Å². The molecule has 0 spiro atoms.